The first-order valence-electron chi connectivity index (χ1n) is 7.77. The molecule has 2 unspecified atom stereocenters. The Hall–Kier alpha value is -0.0800. The van der Waals surface area contributed by atoms with Crippen molar-refractivity contribution in [1.29, 1.82) is 0 Å². The molecule has 0 radical (unpaired) electrons. The summed E-state index contributed by atoms with van der Waals surface area (Å²) in [6.45, 7) is 10.3. The topological polar surface area (TPSA) is 21.3 Å². The summed E-state index contributed by atoms with van der Waals surface area (Å²) in [5.41, 5.74) is 0.257. The molecule has 18 heavy (non-hydrogen) atoms. The summed E-state index contributed by atoms with van der Waals surface area (Å²) in [6, 6.07) is 0.463. The van der Waals surface area contributed by atoms with Gasteiger partial charge in [0.15, 0.2) is 0 Å². The van der Waals surface area contributed by atoms with Crippen molar-refractivity contribution >= 4 is 0 Å². The van der Waals surface area contributed by atoms with Crippen LogP contribution in [0.25, 0.3) is 0 Å². The van der Waals surface area contributed by atoms with Gasteiger partial charge in [0.2, 0.25) is 0 Å². The number of hydrogen-bond acceptors (Lipinski definition) is 2. The van der Waals surface area contributed by atoms with Gasteiger partial charge in [0.1, 0.15) is 0 Å². The third-order valence-electron chi connectivity index (χ3n) is 4.26. The molecule has 0 amide bonds. The molecule has 0 heterocycles. The van der Waals surface area contributed by atoms with Crippen LogP contribution >= 0.6 is 0 Å². The fourth-order valence-electron chi connectivity index (χ4n) is 3.28. The highest BCUT2D eigenvalue weighted by Gasteiger charge is 2.36. The van der Waals surface area contributed by atoms with Crippen molar-refractivity contribution < 1.29 is 4.74 Å². The van der Waals surface area contributed by atoms with Gasteiger partial charge < -0.3 is 10.1 Å². The van der Waals surface area contributed by atoms with E-state index < -0.39 is 0 Å². The van der Waals surface area contributed by atoms with Crippen molar-refractivity contribution in [3.05, 3.63) is 0 Å². The second kappa shape index (κ2) is 7.49. The summed E-state index contributed by atoms with van der Waals surface area (Å²) in [6.07, 6.45) is 8.43. The van der Waals surface area contributed by atoms with E-state index in [4.69, 9.17) is 4.74 Å². The Kier molecular flexibility index (Phi) is 6.65. The molecule has 0 aromatic rings. The van der Waals surface area contributed by atoms with E-state index in [1.807, 2.05) is 7.11 Å². The minimum Gasteiger partial charge on any atom is -0.380 e. The second-order valence-corrected chi connectivity index (χ2v) is 6.90. The number of rotatable bonds is 6. The average molecular weight is 255 g/mol. The van der Waals surface area contributed by atoms with Crippen LogP contribution in [-0.4, -0.2) is 25.8 Å². The minimum absolute atomic E-state index is 0.257. The molecule has 0 saturated heterocycles. The van der Waals surface area contributed by atoms with E-state index in [2.05, 4.69) is 33.0 Å². The third kappa shape index (κ3) is 4.55. The standard InChI is InChI=1S/C16H33NO/c1-6-12-17-15(16(2,3)4)14(18-5)13-10-8-7-9-11-13/h13-15,17H,6-12H2,1-5H3. The molecule has 108 valence electrons. The van der Waals surface area contributed by atoms with Gasteiger partial charge in [-0.1, -0.05) is 47.0 Å². The first kappa shape index (κ1) is 16.0. The summed E-state index contributed by atoms with van der Waals surface area (Å²) in [5, 5.41) is 3.73. The van der Waals surface area contributed by atoms with Crippen LogP contribution in [0.3, 0.4) is 0 Å². The van der Waals surface area contributed by atoms with Gasteiger partial charge in [0, 0.05) is 13.2 Å². The van der Waals surface area contributed by atoms with E-state index in [9.17, 15) is 0 Å². The summed E-state index contributed by atoms with van der Waals surface area (Å²) in [4.78, 5) is 0. The normalized spacial score (nSPS) is 21.8. The lowest BCUT2D eigenvalue weighted by Gasteiger charge is -2.42. The molecule has 2 nitrogen and oxygen atoms in total. The molecule has 1 aliphatic carbocycles. The van der Waals surface area contributed by atoms with E-state index in [-0.39, 0.29) is 5.41 Å². The maximum absolute atomic E-state index is 5.91. The van der Waals surface area contributed by atoms with E-state index in [1.165, 1.54) is 38.5 Å². The molecule has 2 atom stereocenters. The summed E-state index contributed by atoms with van der Waals surface area (Å²) >= 11 is 0. The third-order valence-corrected chi connectivity index (χ3v) is 4.26. The van der Waals surface area contributed by atoms with Gasteiger partial charge in [-0.25, -0.2) is 0 Å². The molecule has 0 aliphatic heterocycles. The van der Waals surface area contributed by atoms with Crippen molar-refractivity contribution in [3.63, 3.8) is 0 Å². The molecule has 1 N–H and O–H groups in total. The van der Waals surface area contributed by atoms with Crippen LogP contribution in [0.15, 0.2) is 0 Å². The average Bonchev–Trinajstić information content (AvgIpc) is 2.34. The number of nitrogens with one attached hydrogen (secondary N) is 1. The van der Waals surface area contributed by atoms with Gasteiger partial charge in [-0.2, -0.15) is 0 Å². The van der Waals surface area contributed by atoms with Gasteiger partial charge in [-0.05, 0) is 37.1 Å². The highest BCUT2D eigenvalue weighted by atomic mass is 16.5. The molecular formula is C16H33NO. The Morgan fingerprint density at radius 2 is 1.78 bits per heavy atom. The summed E-state index contributed by atoms with van der Waals surface area (Å²) in [7, 11) is 1.89. The minimum atomic E-state index is 0.257. The van der Waals surface area contributed by atoms with Gasteiger partial charge in [0.25, 0.3) is 0 Å². The molecule has 0 aromatic heterocycles. The SMILES string of the molecule is CCCNC(C(OC)C1CCCCC1)C(C)(C)C. The predicted octanol–water partition coefficient (Wildman–Crippen LogP) is 4.00. The molecule has 2 heteroatoms. The van der Waals surface area contributed by atoms with Gasteiger partial charge in [0.05, 0.1) is 6.10 Å². The molecule has 1 fully saturated rings. The Morgan fingerprint density at radius 1 is 1.17 bits per heavy atom. The maximum Gasteiger partial charge on any atom is 0.0757 e. The van der Waals surface area contributed by atoms with E-state index in [0.717, 1.165) is 12.5 Å². The molecular weight excluding hydrogens is 222 g/mol. The molecule has 0 bridgehead atoms. The number of ether oxygens (including phenoxy) is 1. The molecule has 1 aliphatic rings. The van der Waals surface area contributed by atoms with Crippen LogP contribution in [-0.2, 0) is 4.74 Å². The van der Waals surface area contributed by atoms with Crippen molar-refractivity contribution in [2.45, 2.75) is 78.4 Å². The van der Waals surface area contributed by atoms with Gasteiger partial charge in [-0.3, -0.25) is 0 Å². The largest absolute Gasteiger partial charge is 0.380 e. The molecule has 1 rings (SSSR count). The Morgan fingerprint density at radius 3 is 2.22 bits per heavy atom. The molecule has 0 spiro atoms. The quantitative estimate of drug-likeness (QED) is 0.774. The molecule has 1 saturated carbocycles. The first-order chi connectivity index (χ1) is 8.50. The van der Waals surface area contributed by atoms with Crippen molar-refractivity contribution in [2.75, 3.05) is 13.7 Å². The van der Waals surface area contributed by atoms with Gasteiger partial charge in [-0.15, -0.1) is 0 Å². The molecule has 0 aromatic carbocycles. The lowest BCUT2D eigenvalue weighted by molar-refractivity contribution is -0.0214. The maximum atomic E-state index is 5.91. The van der Waals surface area contributed by atoms with Crippen LogP contribution in [0.2, 0.25) is 0 Å². The zero-order chi connectivity index (χ0) is 13.6. The van der Waals surface area contributed by atoms with Crippen molar-refractivity contribution in [2.24, 2.45) is 11.3 Å². The van der Waals surface area contributed by atoms with Gasteiger partial charge >= 0.3 is 0 Å². The zero-order valence-corrected chi connectivity index (χ0v) is 13.1. The van der Waals surface area contributed by atoms with Crippen LogP contribution in [0.4, 0.5) is 0 Å². The summed E-state index contributed by atoms with van der Waals surface area (Å²) < 4.78 is 5.91. The Labute approximate surface area is 114 Å². The fraction of sp³-hybridized carbons (Fsp3) is 1.00. The van der Waals surface area contributed by atoms with Crippen molar-refractivity contribution in [1.82, 2.24) is 5.32 Å². The van der Waals surface area contributed by atoms with Crippen LogP contribution in [0.5, 0.6) is 0 Å². The van der Waals surface area contributed by atoms with Crippen LogP contribution in [0.1, 0.15) is 66.2 Å². The lowest BCUT2D eigenvalue weighted by atomic mass is 9.75. The Balaban J connectivity index is 2.71. The fourth-order valence-corrected chi connectivity index (χ4v) is 3.28. The van der Waals surface area contributed by atoms with E-state index in [1.54, 1.807) is 0 Å². The Bertz CT molecular complexity index is 216. The number of methoxy groups -OCH3 is 1. The van der Waals surface area contributed by atoms with E-state index >= 15 is 0 Å². The van der Waals surface area contributed by atoms with Crippen LogP contribution in [0, 0.1) is 11.3 Å². The zero-order valence-electron chi connectivity index (χ0n) is 13.1. The van der Waals surface area contributed by atoms with Crippen molar-refractivity contribution in [3.8, 4) is 0 Å². The smallest absolute Gasteiger partial charge is 0.0757 e. The highest BCUT2D eigenvalue weighted by Crippen LogP contribution is 2.34. The highest BCUT2D eigenvalue weighted by molar-refractivity contribution is 4.91. The monoisotopic (exact) mass is 255 g/mol. The summed E-state index contributed by atoms with van der Waals surface area (Å²) in [5.74, 6) is 0.748. The van der Waals surface area contributed by atoms with E-state index in [0.29, 0.717) is 12.1 Å². The van der Waals surface area contributed by atoms with Crippen LogP contribution < -0.4 is 5.32 Å². The number of hydrogen-bond donors (Lipinski definition) is 1. The second-order valence-electron chi connectivity index (χ2n) is 6.90. The lowest BCUT2D eigenvalue weighted by Crippen LogP contribution is -2.53. The first-order valence-corrected chi connectivity index (χ1v) is 7.77. The predicted molar refractivity (Wildman–Crippen MR) is 78.9 cm³/mol.